The van der Waals surface area contributed by atoms with Crippen LogP contribution in [0.4, 0.5) is 23.2 Å². The average molecular weight is 467 g/mol. The number of fused-ring (bicyclic) bond motifs is 1. The molecule has 180 valence electrons. The molecule has 2 saturated heterocycles. The SMILES string of the molecule is C[C@H]1C[C@@H](NC(=O)CC2(F)CCN(C)CC2)CN(c2ccc(C(F)(F)F)c3ncccc23)C1. The van der Waals surface area contributed by atoms with Gasteiger partial charge in [0.2, 0.25) is 5.91 Å². The summed E-state index contributed by atoms with van der Waals surface area (Å²) in [6.45, 7) is 4.41. The number of aromatic nitrogens is 1. The highest BCUT2D eigenvalue weighted by atomic mass is 19.4. The fraction of sp³-hybridized carbons (Fsp3) is 0.583. The Hall–Kier alpha value is -2.42. The molecule has 3 heterocycles. The number of alkyl halides is 4. The number of halogens is 4. The molecule has 0 spiro atoms. The highest BCUT2D eigenvalue weighted by molar-refractivity contribution is 5.94. The molecule has 9 heteroatoms. The summed E-state index contributed by atoms with van der Waals surface area (Å²) >= 11 is 0. The Balaban J connectivity index is 1.50. The molecule has 0 unspecified atom stereocenters. The van der Waals surface area contributed by atoms with E-state index in [-0.39, 0.29) is 29.8 Å². The van der Waals surface area contributed by atoms with Crippen molar-refractivity contribution in [3.05, 3.63) is 36.0 Å². The molecule has 1 N–H and O–H groups in total. The lowest BCUT2D eigenvalue weighted by Crippen LogP contribution is -2.52. The molecule has 4 rings (SSSR count). The van der Waals surface area contributed by atoms with Crippen molar-refractivity contribution in [3.63, 3.8) is 0 Å². The van der Waals surface area contributed by atoms with Crippen LogP contribution < -0.4 is 10.2 Å². The van der Waals surface area contributed by atoms with Crippen LogP contribution in [-0.2, 0) is 11.0 Å². The van der Waals surface area contributed by atoms with Crippen molar-refractivity contribution in [2.24, 2.45) is 5.92 Å². The van der Waals surface area contributed by atoms with Crippen molar-refractivity contribution in [3.8, 4) is 0 Å². The van der Waals surface area contributed by atoms with E-state index in [0.29, 0.717) is 50.1 Å². The number of amides is 1. The van der Waals surface area contributed by atoms with Crippen LogP contribution in [0.15, 0.2) is 30.5 Å². The van der Waals surface area contributed by atoms with Gasteiger partial charge in [-0.1, -0.05) is 6.92 Å². The van der Waals surface area contributed by atoms with Gasteiger partial charge in [-0.2, -0.15) is 13.2 Å². The molecule has 0 aliphatic carbocycles. The third-order valence-electron chi connectivity index (χ3n) is 6.78. The van der Waals surface area contributed by atoms with E-state index in [9.17, 15) is 18.0 Å². The average Bonchev–Trinajstić information content (AvgIpc) is 2.74. The van der Waals surface area contributed by atoms with Gasteiger partial charge in [-0.25, -0.2) is 4.39 Å². The molecule has 0 radical (unpaired) electrons. The van der Waals surface area contributed by atoms with Gasteiger partial charge in [0.1, 0.15) is 5.67 Å². The maximum atomic E-state index is 15.1. The Morgan fingerprint density at radius 1 is 1.21 bits per heavy atom. The molecule has 5 nitrogen and oxygen atoms in total. The Morgan fingerprint density at radius 2 is 1.94 bits per heavy atom. The summed E-state index contributed by atoms with van der Waals surface area (Å²) in [5.74, 6) is -0.0965. The van der Waals surface area contributed by atoms with Crippen LogP contribution in [0.25, 0.3) is 10.9 Å². The lowest BCUT2D eigenvalue weighted by atomic mass is 9.89. The molecule has 0 saturated carbocycles. The van der Waals surface area contributed by atoms with Crippen LogP contribution in [0.3, 0.4) is 0 Å². The number of nitrogens with zero attached hydrogens (tertiary/aromatic N) is 3. The molecule has 2 atom stereocenters. The maximum absolute atomic E-state index is 15.1. The van der Waals surface area contributed by atoms with Gasteiger partial charge in [0.15, 0.2) is 0 Å². The smallest absolute Gasteiger partial charge is 0.369 e. The molecule has 2 aromatic rings. The number of carbonyl (C=O) groups excluding carboxylic acids is 1. The Labute approximate surface area is 191 Å². The minimum Gasteiger partial charge on any atom is -0.369 e. The van der Waals surface area contributed by atoms with E-state index >= 15 is 4.39 Å². The summed E-state index contributed by atoms with van der Waals surface area (Å²) < 4.78 is 55.5. The fourth-order valence-corrected chi connectivity index (χ4v) is 5.08. The van der Waals surface area contributed by atoms with Crippen LogP contribution >= 0.6 is 0 Å². The van der Waals surface area contributed by atoms with Crippen LogP contribution in [0.2, 0.25) is 0 Å². The van der Waals surface area contributed by atoms with Gasteiger partial charge < -0.3 is 15.1 Å². The minimum absolute atomic E-state index is 0.0806. The zero-order valence-corrected chi connectivity index (χ0v) is 19.0. The predicted octanol–water partition coefficient (Wildman–Crippen LogP) is 4.41. The zero-order chi connectivity index (χ0) is 23.8. The Morgan fingerprint density at radius 3 is 2.64 bits per heavy atom. The Kier molecular flexibility index (Phi) is 6.53. The summed E-state index contributed by atoms with van der Waals surface area (Å²) in [5.41, 5.74) is -1.66. The number of likely N-dealkylation sites (tertiary alicyclic amines) is 1. The van der Waals surface area contributed by atoms with Crippen molar-refractivity contribution in [2.75, 3.05) is 38.1 Å². The zero-order valence-electron chi connectivity index (χ0n) is 19.0. The van der Waals surface area contributed by atoms with Gasteiger partial charge in [-0.3, -0.25) is 9.78 Å². The molecule has 1 aromatic heterocycles. The first-order valence-corrected chi connectivity index (χ1v) is 11.4. The quantitative estimate of drug-likeness (QED) is 0.679. The van der Waals surface area contributed by atoms with E-state index in [0.717, 1.165) is 12.5 Å². The normalized spacial score (nSPS) is 24.1. The van der Waals surface area contributed by atoms with Crippen molar-refractivity contribution in [1.82, 2.24) is 15.2 Å². The first-order valence-electron chi connectivity index (χ1n) is 11.4. The summed E-state index contributed by atoms with van der Waals surface area (Å²) in [5, 5.41) is 3.42. The molecular formula is C24H30F4N4O. The number of benzene rings is 1. The van der Waals surface area contributed by atoms with E-state index in [4.69, 9.17) is 0 Å². The predicted molar refractivity (Wildman–Crippen MR) is 120 cm³/mol. The third kappa shape index (κ3) is 5.39. The number of carbonyl (C=O) groups is 1. The van der Waals surface area contributed by atoms with Crippen LogP contribution in [-0.4, -0.2) is 60.7 Å². The molecule has 33 heavy (non-hydrogen) atoms. The molecule has 2 fully saturated rings. The van der Waals surface area contributed by atoms with E-state index in [1.165, 1.54) is 12.3 Å². The van der Waals surface area contributed by atoms with Crippen LogP contribution in [0.5, 0.6) is 0 Å². The van der Waals surface area contributed by atoms with Gasteiger partial charge in [0.25, 0.3) is 0 Å². The lowest BCUT2D eigenvalue weighted by molar-refractivity contribution is -0.136. The largest absolute Gasteiger partial charge is 0.418 e. The second-order valence-corrected chi connectivity index (χ2v) is 9.67. The highest BCUT2D eigenvalue weighted by Crippen LogP contribution is 2.38. The van der Waals surface area contributed by atoms with E-state index in [1.807, 2.05) is 18.9 Å². The van der Waals surface area contributed by atoms with E-state index < -0.39 is 17.4 Å². The second kappa shape index (κ2) is 9.08. The lowest BCUT2D eigenvalue weighted by Gasteiger charge is -2.39. The molecule has 2 aliphatic rings. The van der Waals surface area contributed by atoms with Gasteiger partial charge in [-0.15, -0.1) is 0 Å². The maximum Gasteiger partial charge on any atom is 0.418 e. The summed E-state index contributed by atoms with van der Waals surface area (Å²) in [7, 11) is 1.94. The number of piperidine rings is 2. The van der Waals surface area contributed by atoms with Crippen LogP contribution in [0, 0.1) is 5.92 Å². The third-order valence-corrected chi connectivity index (χ3v) is 6.78. The number of pyridine rings is 1. The second-order valence-electron chi connectivity index (χ2n) is 9.67. The summed E-state index contributed by atoms with van der Waals surface area (Å²) in [6, 6.07) is 5.63. The number of anilines is 1. The molecule has 2 aliphatic heterocycles. The molecule has 0 bridgehead atoms. The number of hydrogen-bond acceptors (Lipinski definition) is 4. The van der Waals surface area contributed by atoms with Gasteiger partial charge in [-0.05, 0) is 56.5 Å². The highest BCUT2D eigenvalue weighted by Gasteiger charge is 2.37. The van der Waals surface area contributed by atoms with Crippen molar-refractivity contribution in [1.29, 1.82) is 0 Å². The summed E-state index contributed by atoms with van der Waals surface area (Å²) in [4.78, 5) is 20.7. The van der Waals surface area contributed by atoms with E-state index in [1.54, 1.807) is 12.1 Å². The monoisotopic (exact) mass is 466 g/mol. The Bertz CT molecular complexity index is 1000. The topological polar surface area (TPSA) is 48.5 Å². The molecule has 1 amide bonds. The number of hydrogen-bond donors (Lipinski definition) is 1. The first-order chi connectivity index (χ1) is 15.5. The van der Waals surface area contributed by atoms with Gasteiger partial charge in [0, 0.05) is 49.5 Å². The molecular weight excluding hydrogens is 436 g/mol. The van der Waals surface area contributed by atoms with Crippen molar-refractivity contribution >= 4 is 22.5 Å². The molecule has 1 aromatic carbocycles. The van der Waals surface area contributed by atoms with Crippen molar-refractivity contribution < 1.29 is 22.4 Å². The minimum atomic E-state index is -4.49. The van der Waals surface area contributed by atoms with Crippen LogP contribution in [0.1, 0.15) is 38.2 Å². The number of rotatable bonds is 4. The summed E-state index contributed by atoms with van der Waals surface area (Å²) in [6.07, 6.45) is -1.87. The number of nitrogens with one attached hydrogen (secondary N) is 1. The van der Waals surface area contributed by atoms with E-state index in [2.05, 4.69) is 15.2 Å². The first kappa shape index (κ1) is 23.7. The standard InChI is InChI=1S/C24H30F4N4O/c1-16-12-17(30-21(33)13-23(25)7-10-31(2)11-8-23)15-32(14-16)20-6-5-19(24(26,27)28)22-18(20)4-3-9-29-22/h3-6,9,16-17H,7-8,10-15H2,1-2H3,(H,30,33)/t16-,17+/m0/s1. The van der Waals surface area contributed by atoms with Gasteiger partial charge >= 0.3 is 6.18 Å². The fourth-order valence-electron chi connectivity index (χ4n) is 5.08. The van der Waals surface area contributed by atoms with Gasteiger partial charge in [0.05, 0.1) is 17.5 Å². The van der Waals surface area contributed by atoms with Crippen molar-refractivity contribution in [2.45, 2.75) is 50.5 Å².